The molecule has 1 aromatic heterocycles. The molecule has 0 aromatic carbocycles. The van der Waals surface area contributed by atoms with Crippen molar-refractivity contribution in [2.45, 2.75) is 73.1 Å². The van der Waals surface area contributed by atoms with E-state index < -0.39 is 0 Å². The molecule has 3 aliphatic carbocycles. The van der Waals surface area contributed by atoms with Gasteiger partial charge in [-0.05, 0) is 66.8 Å². The van der Waals surface area contributed by atoms with E-state index >= 15 is 0 Å². The Morgan fingerprint density at radius 2 is 1.76 bits per heavy atom. The fraction of sp³-hybridized carbons (Fsp3) is 0.704. The first-order valence-corrected chi connectivity index (χ1v) is 12.5. The molecule has 0 unspecified atom stereocenters. The van der Waals surface area contributed by atoms with Crippen molar-refractivity contribution in [3.63, 3.8) is 0 Å². The second-order valence-corrected chi connectivity index (χ2v) is 11.2. The molecule has 0 aliphatic heterocycles. The average molecular weight is 471 g/mol. The summed E-state index contributed by atoms with van der Waals surface area (Å²) >= 11 is 0. The molecule has 3 aliphatic rings. The van der Waals surface area contributed by atoms with Gasteiger partial charge in [0.15, 0.2) is 0 Å². The van der Waals surface area contributed by atoms with Gasteiger partial charge >= 0.3 is 11.9 Å². The highest BCUT2D eigenvalue weighted by molar-refractivity contribution is 5.76. The molecule has 7 nitrogen and oxygen atoms in total. The number of allylic oxidation sites excluding steroid dienone is 1. The first-order chi connectivity index (χ1) is 16.0. The van der Waals surface area contributed by atoms with Crippen molar-refractivity contribution in [3.8, 4) is 0 Å². The van der Waals surface area contributed by atoms with Crippen molar-refractivity contribution < 1.29 is 23.9 Å². The topological polar surface area (TPSA) is 87.5 Å². The molecule has 1 aromatic rings. The molecule has 2 fully saturated rings. The van der Waals surface area contributed by atoms with E-state index in [1.54, 1.807) is 0 Å². The maximum atomic E-state index is 12.2. The molecule has 0 spiro atoms. The van der Waals surface area contributed by atoms with Crippen LogP contribution >= 0.6 is 0 Å². The quantitative estimate of drug-likeness (QED) is 0.469. The fourth-order valence-electron chi connectivity index (χ4n) is 7.43. The van der Waals surface area contributed by atoms with Crippen molar-refractivity contribution in [2.75, 3.05) is 13.2 Å². The molecule has 0 amide bonds. The lowest BCUT2D eigenvalue weighted by Gasteiger charge is -2.55. The highest BCUT2D eigenvalue weighted by Gasteiger charge is 2.57. The second-order valence-electron chi connectivity index (χ2n) is 11.2. The van der Waals surface area contributed by atoms with Gasteiger partial charge in [0, 0.05) is 32.6 Å². The molecular formula is C27H38N2O5. The number of rotatable bonds is 5. The van der Waals surface area contributed by atoms with E-state index in [1.807, 2.05) is 6.20 Å². The van der Waals surface area contributed by atoms with Crippen molar-refractivity contribution in [1.29, 1.82) is 0 Å². The number of hydrogen-bond acceptors (Lipinski definition) is 6. The van der Waals surface area contributed by atoms with Crippen LogP contribution in [0.1, 0.15) is 76.4 Å². The number of carbonyl (C=O) groups is 3. The summed E-state index contributed by atoms with van der Waals surface area (Å²) in [5, 5.41) is 4.37. The minimum atomic E-state index is -0.298. The zero-order valence-corrected chi connectivity index (χ0v) is 21.2. The SMILES string of the molecule is C=C1CC[C@H]2[C@H](COC(C)=O)[C@@H]([C@@]3(C)Cc4cnn(C(C)=O)c4C[C@@H]3COC(C)=O)CC[C@]12C. The number of carbonyl (C=O) groups excluding carboxylic acids is 3. The normalized spacial score (nSPS) is 34.8. The first kappa shape index (κ1) is 24.7. The number of nitrogens with zero attached hydrogens (tertiary/aromatic N) is 2. The molecule has 186 valence electrons. The molecule has 4 rings (SSSR count). The lowest BCUT2D eigenvalue weighted by atomic mass is 9.49. The van der Waals surface area contributed by atoms with Gasteiger partial charge in [0.05, 0.1) is 25.1 Å². The molecule has 2 saturated carbocycles. The summed E-state index contributed by atoms with van der Waals surface area (Å²) in [5.41, 5.74) is 3.21. The summed E-state index contributed by atoms with van der Waals surface area (Å²) < 4.78 is 12.7. The number of esters is 2. The molecule has 7 heteroatoms. The van der Waals surface area contributed by atoms with Gasteiger partial charge in [-0.1, -0.05) is 26.0 Å². The number of hydrogen-bond donors (Lipinski definition) is 0. The van der Waals surface area contributed by atoms with Crippen LogP contribution in [0.5, 0.6) is 0 Å². The first-order valence-electron chi connectivity index (χ1n) is 12.5. The van der Waals surface area contributed by atoms with Crippen LogP contribution in [0.3, 0.4) is 0 Å². The van der Waals surface area contributed by atoms with Crippen LogP contribution in [-0.4, -0.2) is 40.8 Å². The maximum absolute atomic E-state index is 12.2. The predicted molar refractivity (Wildman–Crippen MR) is 127 cm³/mol. The third-order valence-corrected chi connectivity index (χ3v) is 9.40. The smallest absolute Gasteiger partial charge is 0.302 e. The van der Waals surface area contributed by atoms with Crippen LogP contribution in [0.15, 0.2) is 18.3 Å². The van der Waals surface area contributed by atoms with Crippen LogP contribution < -0.4 is 0 Å². The van der Waals surface area contributed by atoms with Crippen molar-refractivity contribution in [1.82, 2.24) is 9.78 Å². The van der Waals surface area contributed by atoms with Crippen molar-refractivity contribution in [3.05, 3.63) is 29.6 Å². The van der Waals surface area contributed by atoms with E-state index in [9.17, 15) is 14.4 Å². The Morgan fingerprint density at radius 1 is 1.09 bits per heavy atom. The van der Waals surface area contributed by atoms with Crippen LogP contribution in [0.2, 0.25) is 0 Å². The highest BCUT2D eigenvalue weighted by atomic mass is 16.5. The number of ether oxygens (including phenoxy) is 2. The van der Waals surface area contributed by atoms with Crippen LogP contribution in [0, 0.1) is 34.5 Å². The summed E-state index contributed by atoms with van der Waals surface area (Å²) in [6, 6.07) is 0. The van der Waals surface area contributed by atoms with Crippen molar-refractivity contribution in [2.24, 2.45) is 34.5 Å². The van der Waals surface area contributed by atoms with E-state index in [2.05, 4.69) is 25.5 Å². The molecule has 0 radical (unpaired) electrons. The molecule has 0 saturated heterocycles. The summed E-state index contributed by atoms with van der Waals surface area (Å²) in [6.07, 6.45) is 7.36. The predicted octanol–water partition coefficient (Wildman–Crippen LogP) is 4.39. The minimum Gasteiger partial charge on any atom is -0.466 e. The third kappa shape index (κ3) is 4.11. The van der Waals surface area contributed by atoms with Crippen LogP contribution in [0.25, 0.3) is 0 Å². The van der Waals surface area contributed by atoms with Crippen LogP contribution in [-0.2, 0) is 31.9 Å². The minimum absolute atomic E-state index is 0.0393. The standard InChI is InChI=1S/C27H38N2O5/c1-16-7-8-23-22(15-34-19(4)32)24(9-10-26(16,23)5)27(6)12-20-13-28-29(17(2)30)25(20)11-21(27)14-33-18(3)31/h13,21-24H,1,7-12,14-15H2,2-6H3/t21-,22+,23+,24+,26-,27+/m1/s1. The van der Waals surface area contributed by atoms with Gasteiger partial charge in [0.25, 0.3) is 0 Å². The zero-order valence-electron chi connectivity index (χ0n) is 21.2. The van der Waals surface area contributed by atoms with E-state index in [-0.39, 0.29) is 46.4 Å². The van der Waals surface area contributed by atoms with Crippen molar-refractivity contribution >= 4 is 17.8 Å². The third-order valence-electron chi connectivity index (χ3n) is 9.40. The molecule has 6 atom stereocenters. The Morgan fingerprint density at radius 3 is 2.41 bits per heavy atom. The zero-order chi connectivity index (χ0) is 24.8. The van der Waals surface area contributed by atoms with E-state index in [4.69, 9.17) is 9.47 Å². The number of aromatic nitrogens is 2. The van der Waals surface area contributed by atoms with Gasteiger partial charge in [-0.25, -0.2) is 4.68 Å². The maximum Gasteiger partial charge on any atom is 0.302 e. The summed E-state index contributed by atoms with van der Waals surface area (Å²) in [7, 11) is 0. The Hall–Kier alpha value is -2.44. The van der Waals surface area contributed by atoms with Gasteiger partial charge < -0.3 is 9.47 Å². The molecule has 0 bridgehead atoms. The van der Waals surface area contributed by atoms with Gasteiger partial charge in [-0.3, -0.25) is 14.4 Å². The Kier molecular flexibility index (Phi) is 6.51. The Labute approximate surface area is 202 Å². The largest absolute Gasteiger partial charge is 0.466 e. The summed E-state index contributed by atoms with van der Waals surface area (Å²) in [4.78, 5) is 35.7. The molecule has 34 heavy (non-hydrogen) atoms. The number of fused-ring (bicyclic) bond motifs is 2. The second kappa shape index (κ2) is 8.97. The summed E-state index contributed by atoms with van der Waals surface area (Å²) in [5.74, 6) is 0.275. The monoisotopic (exact) mass is 470 g/mol. The molecule has 0 N–H and O–H groups in total. The Bertz CT molecular complexity index is 1010. The highest BCUT2D eigenvalue weighted by Crippen LogP contribution is 2.63. The molecule has 1 heterocycles. The van der Waals surface area contributed by atoms with Crippen LogP contribution in [0.4, 0.5) is 0 Å². The van der Waals surface area contributed by atoms with E-state index in [1.165, 1.54) is 31.0 Å². The fourth-order valence-corrected chi connectivity index (χ4v) is 7.43. The van der Waals surface area contributed by atoms with E-state index in [0.717, 1.165) is 43.4 Å². The van der Waals surface area contributed by atoms with Gasteiger partial charge in [-0.15, -0.1) is 0 Å². The van der Waals surface area contributed by atoms with Gasteiger partial charge in [0.1, 0.15) is 0 Å². The average Bonchev–Trinajstić information content (AvgIpc) is 3.30. The Balaban J connectivity index is 1.73. The van der Waals surface area contributed by atoms with Gasteiger partial charge in [-0.2, -0.15) is 5.10 Å². The lowest BCUT2D eigenvalue weighted by Crippen LogP contribution is -2.53. The molecular weight excluding hydrogens is 432 g/mol. The van der Waals surface area contributed by atoms with Gasteiger partial charge in [0.2, 0.25) is 5.91 Å². The lowest BCUT2D eigenvalue weighted by molar-refractivity contribution is -0.152. The summed E-state index contributed by atoms with van der Waals surface area (Å²) in [6.45, 7) is 14.2. The van der Waals surface area contributed by atoms with E-state index in [0.29, 0.717) is 25.6 Å².